The summed E-state index contributed by atoms with van der Waals surface area (Å²) >= 11 is 0. The van der Waals surface area contributed by atoms with Crippen molar-refractivity contribution >= 4 is 38.6 Å². The van der Waals surface area contributed by atoms with E-state index in [1.54, 1.807) is 38.1 Å². The van der Waals surface area contributed by atoms with Crippen molar-refractivity contribution in [2.45, 2.75) is 18.7 Å². The lowest BCUT2D eigenvalue weighted by molar-refractivity contribution is 0.0512. The van der Waals surface area contributed by atoms with Gasteiger partial charge in [0.05, 0.1) is 35.5 Å². The number of hydrogen-bond donors (Lipinski definition) is 1. The van der Waals surface area contributed by atoms with E-state index in [-0.39, 0.29) is 40.4 Å². The Bertz CT molecular complexity index is 1200. The molecule has 2 aromatic carbocycles. The molecule has 0 saturated carbocycles. The van der Waals surface area contributed by atoms with E-state index in [4.69, 9.17) is 9.47 Å². The van der Waals surface area contributed by atoms with Crippen LogP contribution in [0.5, 0.6) is 0 Å². The van der Waals surface area contributed by atoms with Gasteiger partial charge in [0.1, 0.15) is 4.90 Å². The van der Waals surface area contributed by atoms with Gasteiger partial charge in [0.2, 0.25) is 0 Å². The van der Waals surface area contributed by atoms with Crippen LogP contribution in [0, 0.1) is 0 Å². The van der Waals surface area contributed by atoms with E-state index in [0.717, 1.165) is 0 Å². The van der Waals surface area contributed by atoms with Crippen LogP contribution in [0.25, 0.3) is 10.9 Å². The summed E-state index contributed by atoms with van der Waals surface area (Å²) in [5, 5.41) is 0.645. The van der Waals surface area contributed by atoms with E-state index in [1.165, 1.54) is 30.5 Å². The van der Waals surface area contributed by atoms with E-state index < -0.39 is 22.0 Å². The van der Waals surface area contributed by atoms with Crippen molar-refractivity contribution in [3.8, 4) is 0 Å². The summed E-state index contributed by atoms with van der Waals surface area (Å²) in [6, 6.07) is 12.1. The molecule has 0 spiro atoms. The van der Waals surface area contributed by atoms with Gasteiger partial charge in [0.15, 0.2) is 0 Å². The Balaban J connectivity index is 2.09. The number of pyridine rings is 1. The number of sulfonamides is 1. The molecule has 156 valence electrons. The van der Waals surface area contributed by atoms with Crippen LogP contribution in [0.1, 0.15) is 34.6 Å². The number of hydrogen-bond acceptors (Lipinski definition) is 7. The molecule has 0 amide bonds. The van der Waals surface area contributed by atoms with Crippen molar-refractivity contribution in [2.24, 2.45) is 0 Å². The largest absolute Gasteiger partial charge is 0.462 e. The fourth-order valence-corrected chi connectivity index (χ4v) is 4.10. The number of ether oxygens (including phenoxy) is 2. The molecule has 0 bridgehead atoms. The molecule has 0 radical (unpaired) electrons. The third-order valence-electron chi connectivity index (χ3n) is 4.16. The summed E-state index contributed by atoms with van der Waals surface area (Å²) in [5.41, 5.74) is 0.263. The maximum Gasteiger partial charge on any atom is 0.340 e. The first-order valence-electron chi connectivity index (χ1n) is 9.22. The number of carbonyl (C=O) groups excluding carboxylic acids is 2. The smallest absolute Gasteiger partial charge is 0.340 e. The predicted molar refractivity (Wildman–Crippen MR) is 111 cm³/mol. The molecule has 9 heteroatoms. The Morgan fingerprint density at radius 3 is 2.40 bits per heavy atom. The van der Waals surface area contributed by atoms with Gasteiger partial charge in [-0.25, -0.2) is 18.0 Å². The maximum atomic E-state index is 13.1. The zero-order chi connectivity index (χ0) is 21.7. The predicted octanol–water partition coefficient (Wildman–Crippen LogP) is 3.39. The van der Waals surface area contributed by atoms with E-state index in [9.17, 15) is 18.0 Å². The summed E-state index contributed by atoms with van der Waals surface area (Å²) in [6.45, 7) is 3.55. The molecule has 1 aromatic heterocycles. The highest BCUT2D eigenvalue weighted by Gasteiger charge is 2.23. The topological polar surface area (TPSA) is 112 Å². The number of nitrogens with zero attached hydrogens (tertiary/aromatic N) is 1. The second kappa shape index (κ2) is 8.91. The molecule has 1 heterocycles. The van der Waals surface area contributed by atoms with Crippen molar-refractivity contribution in [3.05, 3.63) is 65.9 Å². The Morgan fingerprint density at radius 2 is 1.67 bits per heavy atom. The number of aromatic nitrogens is 1. The lowest BCUT2D eigenvalue weighted by Crippen LogP contribution is -2.18. The van der Waals surface area contributed by atoms with Crippen LogP contribution in [-0.2, 0) is 19.5 Å². The van der Waals surface area contributed by atoms with Crippen molar-refractivity contribution < 1.29 is 27.5 Å². The summed E-state index contributed by atoms with van der Waals surface area (Å²) in [6.07, 6.45) is 1.49. The molecule has 0 atom stereocenters. The molecular weight excluding hydrogens is 408 g/mol. The average molecular weight is 428 g/mol. The first kappa shape index (κ1) is 21.3. The summed E-state index contributed by atoms with van der Waals surface area (Å²) in [7, 11) is -4.14. The van der Waals surface area contributed by atoms with Gasteiger partial charge in [0, 0.05) is 11.6 Å². The normalized spacial score (nSPS) is 11.1. The second-order valence-electron chi connectivity index (χ2n) is 6.14. The standard InChI is InChI=1S/C21H20N2O6S/c1-3-28-20(24)15-10-11-16(21(25)29-4-2)17(13-15)23-30(26,27)18-9-5-7-14-8-6-12-22-19(14)18/h5-13,23H,3-4H2,1-2H3. The summed E-state index contributed by atoms with van der Waals surface area (Å²) in [5.74, 6) is -1.36. The van der Waals surface area contributed by atoms with E-state index in [0.29, 0.717) is 5.39 Å². The molecule has 8 nitrogen and oxygen atoms in total. The van der Waals surface area contributed by atoms with Gasteiger partial charge in [-0.1, -0.05) is 18.2 Å². The van der Waals surface area contributed by atoms with Crippen LogP contribution in [0.3, 0.4) is 0 Å². The van der Waals surface area contributed by atoms with Crippen LogP contribution in [0.4, 0.5) is 5.69 Å². The van der Waals surface area contributed by atoms with Crippen molar-refractivity contribution in [2.75, 3.05) is 17.9 Å². The fraction of sp³-hybridized carbons (Fsp3) is 0.190. The van der Waals surface area contributed by atoms with Gasteiger partial charge in [0.25, 0.3) is 10.0 Å². The molecule has 3 aromatic rings. The first-order valence-corrected chi connectivity index (χ1v) is 10.7. The van der Waals surface area contributed by atoms with Crippen LogP contribution < -0.4 is 4.72 Å². The van der Waals surface area contributed by atoms with Gasteiger partial charge in [-0.3, -0.25) is 9.71 Å². The van der Waals surface area contributed by atoms with Gasteiger partial charge in [-0.15, -0.1) is 0 Å². The van der Waals surface area contributed by atoms with E-state index in [2.05, 4.69) is 9.71 Å². The third-order valence-corrected chi connectivity index (χ3v) is 5.55. The maximum absolute atomic E-state index is 13.1. The van der Waals surface area contributed by atoms with Crippen LogP contribution >= 0.6 is 0 Å². The van der Waals surface area contributed by atoms with Gasteiger partial charge in [-0.2, -0.15) is 0 Å². The molecule has 0 saturated heterocycles. The monoisotopic (exact) mass is 428 g/mol. The van der Waals surface area contributed by atoms with Crippen LogP contribution in [0.2, 0.25) is 0 Å². The molecule has 0 aliphatic heterocycles. The summed E-state index contributed by atoms with van der Waals surface area (Å²) < 4.78 is 38.6. The number of para-hydroxylation sites is 1. The number of benzene rings is 2. The zero-order valence-corrected chi connectivity index (χ0v) is 17.2. The first-order chi connectivity index (χ1) is 14.4. The number of anilines is 1. The average Bonchev–Trinajstić information content (AvgIpc) is 2.73. The lowest BCUT2D eigenvalue weighted by Gasteiger charge is -2.14. The minimum atomic E-state index is -4.14. The van der Waals surface area contributed by atoms with Crippen LogP contribution in [0.15, 0.2) is 59.6 Å². The quantitative estimate of drug-likeness (QED) is 0.574. The molecule has 1 N–H and O–H groups in total. The second-order valence-corrected chi connectivity index (χ2v) is 7.79. The van der Waals surface area contributed by atoms with Gasteiger partial charge >= 0.3 is 11.9 Å². The Hall–Kier alpha value is -3.46. The highest BCUT2D eigenvalue weighted by atomic mass is 32.2. The molecule has 3 rings (SSSR count). The van der Waals surface area contributed by atoms with Gasteiger partial charge < -0.3 is 9.47 Å². The molecule has 0 aliphatic carbocycles. The zero-order valence-electron chi connectivity index (χ0n) is 16.4. The number of rotatable bonds is 7. The molecule has 0 fully saturated rings. The minimum absolute atomic E-state index is 0.0262. The molecule has 30 heavy (non-hydrogen) atoms. The number of esters is 2. The van der Waals surface area contributed by atoms with Crippen molar-refractivity contribution in [3.63, 3.8) is 0 Å². The number of fused-ring (bicyclic) bond motifs is 1. The highest BCUT2D eigenvalue weighted by Crippen LogP contribution is 2.26. The molecule has 0 unspecified atom stereocenters. The highest BCUT2D eigenvalue weighted by molar-refractivity contribution is 7.93. The van der Waals surface area contributed by atoms with E-state index >= 15 is 0 Å². The Kier molecular flexibility index (Phi) is 6.31. The van der Waals surface area contributed by atoms with Crippen molar-refractivity contribution in [1.29, 1.82) is 0 Å². The van der Waals surface area contributed by atoms with Crippen LogP contribution in [-0.4, -0.2) is 38.6 Å². The number of nitrogens with one attached hydrogen (secondary N) is 1. The van der Waals surface area contributed by atoms with Gasteiger partial charge in [-0.05, 0) is 44.2 Å². The molecular formula is C21H20N2O6S. The molecule has 0 aliphatic rings. The minimum Gasteiger partial charge on any atom is -0.462 e. The van der Waals surface area contributed by atoms with E-state index in [1.807, 2.05) is 0 Å². The summed E-state index contributed by atoms with van der Waals surface area (Å²) in [4.78, 5) is 28.5. The number of carbonyl (C=O) groups is 2. The Morgan fingerprint density at radius 1 is 0.967 bits per heavy atom. The fourth-order valence-electron chi connectivity index (χ4n) is 2.85. The Labute approximate surface area is 173 Å². The third kappa shape index (κ3) is 4.41. The SMILES string of the molecule is CCOC(=O)c1ccc(C(=O)OCC)c(NS(=O)(=O)c2cccc3cccnc23)c1. The van der Waals surface area contributed by atoms with Crippen molar-refractivity contribution in [1.82, 2.24) is 4.98 Å². The lowest BCUT2D eigenvalue weighted by atomic mass is 10.1.